The Morgan fingerprint density at radius 3 is 2.39 bits per heavy atom. The maximum Gasteiger partial charge on any atom is 0.265 e. The van der Waals surface area contributed by atoms with Gasteiger partial charge in [-0.3, -0.25) is 4.79 Å². The van der Waals surface area contributed by atoms with Crippen molar-refractivity contribution >= 4 is 27.5 Å². The summed E-state index contributed by atoms with van der Waals surface area (Å²) in [6.45, 7) is 6.77. The van der Waals surface area contributed by atoms with Crippen LogP contribution in [0.4, 0.5) is 0 Å². The number of carbonyl (C=O) groups is 1. The van der Waals surface area contributed by atoms with Gasteiger partial charge in [0.1, 0.15) is 5.75 Å². The number of sulfonamides is 1. The van der Waals surface area contributed by atoms with E-state index >= 15 is 0 Å². The number of halogens is 1. The summed E-state index contributed by atoms with van der Waals surface area (Å²) in [5, 5.41) is 0.415. The maximum atomic E-state index is 13.0. The second kappa shape index (κ2) is 10.9. The third kappa shape index (κ3) is 6.36. The fraction of sp³-hybridized carbons (Fsp3) is 0.269. The first-order valence-electron chi connectivity index (χ1n) is 10.9. The summed E-state index contributed by atoms with van der Waals surface area (Å²) in [6, 6.07) is 18.9. The van der Waals surface area contributed by atoms with Crippen molar-refractivity contribution in [2.24, 2.45) is 5.92 Å². The predicted octanol–water partition coefficient (Wildman–Crippen LogP) is 6.11. The normalized spacial score (nSPS) is 11.4. The number of hydrogen-bond acceptors (Lipinski definition) is 4. The lowest BCUT2D eigenvalue weighted by Crippen LogP contribution is -2.31. The molecule has 1 N–H and O–H groups in total. The Balaban J connectivity index is 1.96. The van der Waals surface area contributed by atoms with Crippen molar-refractivity contribution in [2.75, 3.05) is 6.61 Å². The Kier molecular flexibility index (Phi) is 8.16. The zero-order valence-corrected chi connectivity index (χ0v) is 20.5. The van der Waals surface area contributed by atoms with Gasteiger partial charge in [0.05, 0.1) is 11.5 Å². The van der Waals surface area contributed by atoms with E-state index in [1.54, 1.807) is 6.07 Å². The lowest BCUT2D eigenvalue weighted by molar-refractivity contribution is 0.0980. The second-order valence-electron chi connectivity index (χ2n) is 8.20. The number of carbonyl (C=O) groups excluding carboxylic acids is 1. The van der Waals surface area contributed by atoms with Crippen molar-refractivity contribution in [3.05, 3.63) is 82.9 Å². The van der Waals surface area contributed by atoms with Crippen LogP contribution in [0.15, 0.2) is 71.6 Å². The van der Waals surface area contributed by atoms with E-state index < -0.39 is 15.9 Å². The van der Waals surface area contributed by atoms with Gasteiger partial charge < -0.3 is 4.74 Å². The van der Waals surface area contributed by atoms with Gasteiger partial charge in [0.2, 0.25) is 0 Å². The van der Waals surface area contributed by atoms with E-state index in [0.29, 0.717) is 23.6 Å². The summed E-state index contributed by atoms with van der Waals surface area (Å²) >= 11 is 5.85. The molecule has 0 spiro atoms. The van der Waals surface area contributed by atoms with E-state index in [9.17, 15) is 13.2 Å². The standard InChI is InChI=1S/C26H28ClNO4S/c1-4-15-32-25-8-6-5-7-23(25)19-9-14-24(20(17-19)16-18(2)3)26(29)28-33(30,31)22-12-10-21(27)11-13-22/h5-14,17-18H,4,15-16H2,1-3H3,(H,28,29). The van der Waals surface area contributed by atoms with Crippen LogP contribution in [0.2, 0.25) is 5.02 Å². The molecule has 5 nitrogen and oxygen atoms in total. The molecule has 0 aliphatic heterocycles. The summed E-state index contributed by atoms with van der Waals surface area (Å²) in [4.78, 5) is 13.0. The first-order chi connectivity index (χ1) is 15.7. The fourth-order valence-corrected chi connectivity index (χ4v) is 4.58. The van der Waals surface area contributed by atoms with Crippen LogP contribution in [-0.4, -0.2) is 20.9 Å². The molecule has 3 aromatic rings. The van der Waals surface area contributed by atoms with Crippen LogP contribution in [-0.2, 0) is 16.4 Å². The number of amides is 1. The Morgan fingerprint density at radius 2 is 1.73 bits per heavy atom. The van der Waals surface area contributed by atoms with E-state index in [0.717, 1.165) is 28.9 Å². The van der Waals surface area contributed by atoms with Crippen LogP contribution in [0.5, 0.6) is 5.75 Å². The highest BCUT2D eigenvalue weighted by Crippen LogP contribution is 2.32. The zero-order valence-electron chi connectivity index (χ0n) is 19.0. The molecule has 0 saturated heterocycles. The molecule has 0 atom stereocenters. The molecule has 3 rings (SSSR count). The molecule has 0 aliphatic carbocycles. The smallest absolute Gasteiger partial charge is 0.265 e. The topological polar surface area (TPSA) is 72.5 Å². The van der Waals surface area contributed by atoms with Crippen LogP contribution >= 0.6 is 11.6 Å². The quantitative estimate of drug-likeness (QED) is 0.396. The molecule has 0 unspecified atom stereocenters. The van der Waals surface area contributed by atoms with E-state index in [1.807, 2.05) is 36.4 Å². The van der Waals surface area contributed by atoms with Crippen LogP contribution in [0.25, 0.3) is 11.1 Å². The van der Waals surface area contributed by atoms with Crippen molar-refractivity contribution in [1.82, 2.24) is 4.72 Å². The van der Waals surface area contributed by atoms with Gasteiger partial charge in [-0.25, -0.2) is 13.1 Å². The van der Waals surface area contributed by atoms with Gasteiger partial charge in [-0.1, -0.05) is 62.7 Å². The molecule has 0 heterocycles. The first-order valence-corrected chi connectivity index (χ1v) is 12.7. The molecular formula is C26H28ClNO4S. The zero-order chi connectivity index (χ0) is 24.0. The molecule has 33 heavy (non-hydrogen) atoms. The van der Waals surface area contributed by atoms with Crippen LogP contribution < -0.4 is 9.46 Å². The number of hydrogen-bond donors (Lipinski definition) is 1. The van der Waals surface area contributed by atoms with Gasteiger partial charge in [-0.2, -0.15) is 0 Å². The number of benzene rings is 3. The lowest BCUT2D eigenvalue weighted by atomic mass is 9.93. The second-order valence-corrected chi connectivity index (χ2v) is 10.3. The molecule has 0 radical (unpaired) electrons. The molecule has 1 amide bonds. The summed E-state index contributed by atoms with van der Waals surface area (Å²) in [5.41, 5.74) is 2.94. The first kappa shape index (κ1) is 24.8. The average Bonchev–Trinajstić information content (AvgIpc) is 2.77. The molecule has 174 valence electrons. The number of nitrogens with one attached hydrogen (secondary N) is 1. The monoisotopic (exact) mass is 485 g/mol. The Labute approximate surface area is 200 Å². The van der Waals surface area contributed by atoms with Gasteiger partial charge >= 0.3 is 0 Å². The van der Waals surface area contributed by atoms with Gasteiger partial charge in [0.25, 0.3) is 15.9 Å². The third-order valence-corrected chi connectivity index (χ3v) is 6.59. The van der Waals surface area contributed by atoms with Crippen molar-refractivity contribution in [2.45, 2.75) is 38.5 Å². The summed E-state index contributed by atoms with van der Waals surface area (Å²) < 4.78 is 33.5. The van der Waals surface area contributed by atoms with Gasteiger partial charge in [-0.05, 0) is 66.3 Å². The molecule has 0 saturated carbocycles. The summed E-state index contributed by atoms with van der Waals surface area (Å²) in [5.74, 6) is 0.381. The molecule has 0 aliphatic rings. The highest BCUT2D eigenvalue weighted by atomic mass is 35.5. The van der Waals surface area contributed by atoms with Crippen molar-refractivity contribution in [3.63, 3.8) is 0 Å². The van der Waals surface area contributed by atoms with E-state index in [-0.39, 0.29) is 10.8 Å². The molecule has 3 aromatic carbocycles. The lowest BCUT2D eigenvalue weighted by Gasteiger charge is -2.16. The Bertz CT molecular complexity index is 1220. The molecule has 0 bridgehead atoms. The van der Waals surface area contributed by atoms with E-state index in [2.05, 4.69) is 25.5 Å². The van der Waals surface area contributed by atoms with Crippen molar-refractivity contribution in [1.29, 1.82) is 0 Å². The molecule has 7 heteroatoms. The summed E-state index contributed by atoms with van der Waals surface area (Å²) in [7, 11) is -4.03. The van der Waals surface area contributed by atoms with Crippen LogP contribution in [0.3, 0.4) is 0 Å². The SMILES string of the molecule is CCCOc1ccccc1-c1ccc(C(=O)NS(=O)(=O)c2ccc(Cl)cc2)c(CC(C)C)c1. The van der Waals surface area contributed by atoms with Crippen LogP contribution in [0, 0.1) is 5.92 Å². The Hall–Kier alpha value is -2.83. The minimum atomic E-state index is -4.03. The van der Waals surface area contributed by atoms with Gasteiger partial charge in [0, 0.05) is 16.1 Å². The Morgan fingerprint density at radius 1 is 1.03 bits per heavy atom. The maximum absolute atomic E-state index is 13.0. The van der Waals surface area contributed by atoms with Gasteiger partial charge in [0.15, 0.2) is 0 Å². The molecular weight excluding hydrogens is 458 g/mol. The van der Waals surface area contributed by atoms with Crippen molar-refractivity contribution in [3.8, 4) is 16.9 Å². The highest BCUT2D eigenvalue weighted by molar-refractivity contribution is 7.90. The number of para-hydroxylation sites is 1. The molecule has 0 fully saturated rings. The highest BCUT2D eigenvalue weighted by Gasteiger charge is 2.22. The van der Waals surface area contributed by atoms with E-state index in [1.165, 1.54) is 24.3 Å². The van der Waals surface area contributed by atoms with Crippen LogP contribution in [0.1, 0.15) is 43.1 Å². The largest absolute Gasteiger partial charge is 0.493 e. The fourth-order valence-electron chi connectivity index (χ4n) is 3.48. The third-order valence-electron chi connectivity index (χ3n) is 4.99. The average molecular weight is 486 g/mol. The predicted molar refractivity (Wildman–Crippen MR) is 132 cm³/mol. The minimum absolute atomic E-state index is 0.0238. The van der Waals surface area contributed by atoms with E-state index in [4.69, 9.17) is 16.3 Å². The number of ether oxygens (including phenoxy) is 1. The minimum Gasteiger partial charge on any atom is -0.493 e. The molecule has 0 aromatic heterocycles. The van der Waals surface area contributed by atoms with Crippen molar-refractivity contribution < 1.29 is 17.9 Å². The summed E-state index contributed by atoms with van der Waals surface area (Å²) in [6.07, 6.45) is 1.52. The van der Waals surface area contributed by atoms with Gasteiger partial charge in [-0.15, -0.1) is 0 Å². The number of rotatable bonds is 9.